The molecular formula is C34H28ClN3O6S. The van der Waals surface area contributed by atoms with Crippen LogP contribution in [0.4, 0.5) is 5.69 Å². The first-order valence-corrected chi connectivity index (χ1v) is 15.9. The fourth-order valence-corrected chi connectivity index (χ4v) is 7.33. The van der Waals surface area contributed by atoms with Crippen molar-refractivity contribution in [2.75, 3.05) is 18.3 Å². The van der Waals surface area contributed by atoms with Crippen LogP contribution in [0.1, 0.15) is 49.4 Å². The van der Waals surface area contributed by atoms with E-state index in [1.807, 2.05) is 55.5 Å². The highest BCUT2D eigenvalue weighted by Crippen LogP contribution is 2.40. The van der Waals surface area contributed by atoms with Gasteiger partial charge >= 0.3 is 5.97 Å². The van der Waals surface area contributed by atoms with Crippen molar-refractivity contribution in [1.29, 1.82) is 0 Å². The van der Waals surface area contributed by atoms with Gasteiger partial charge in [-0.3, -0.25) is 14.2 Å². The van der Waals surface area contributed by atoms with Crippen LogP contribution in [0.2, 0.25) is 5.02 Å². The number of esters is 1. The molecule has 0 saturated carbocycles. The molecule has 0 unspecified atom stereocenters. The molecule has 0 radical (unpaired) electrons. The zero-order valence-corrected chi connectivity index (χ0v) is 26.1. The summed E-state index contributed by atoms with van der Waals surface area (Å²) in [5.74, 6) is 0.248. The molecule has 11 heteroatoms. The molecule has 4 aromatic rings. The summed E-state index contributed by atoms with van der Waals surface area (Å²) < 4.78 is 18.4. The molecule has 3 aliphatic heterocycles. The molecule has 0 N–H and O–H groups in total. The second kappa shape index (κ2) is 11.7. The van der Waals surface area contributed by atoms with Crippen LogP contribution in [0.15, 0.2) is 87.8 Å². The maximum absolute atomic E-state index is 14.6. The van der Waals surface area contributed by atoms with E-state index in [1.54, 1.807) is 30.0 Å². The van der Waals surface area contributed by atoms with Crippen molar-refractivity contribution >= 4 is 46.1 Å². The smallest absolute Gasteiger partial charge is 0.338 e. The van der Waals surface area contributed by atoms with E-state index in [1.165, 1.54) is 4.57 Å². The van der Waals surface area contributed by atoms with Crippen LogP contribution < -0.4 is 29.3 Å². The van der Waals surface area contributed by atoms with Gasteiger partial charge in [-0.15, -0.1) is 0 Å². The minimum atomic E-state index is -0.850. The molecule has 3 aliphatic rings. The quantitative estimate of drug-likeness (QED) is 0.267. The summed E-state index contributed by atoms with van der Waals surface area (Å²) in [5, 5.41) is 0.550. The number of carbonyl (C=O) groups excluding carboxylic acids is 2. The molecule has 7 rings (SSSR count). The number of rotatable bonds is 7. The summed E-state index contributed by atoms with van der Waals surface area (Å²) >= 11 is 7.62. The van der Waals surface area contributed by atoms with Crippen LogP contribution in [-0.4, -0.2) is 29.8 Å². The Kier molecular flexibility index (Phi) is 7.55. The number of allylic oxidation sites excluding steroid dienone is 1. The summed E-state index contributed by atoms with van der Waals surface area (Å²) in [6, 6.07) is 19.3. The summed E-state index contributed by atoms with van der Waals surface area (Å²) in [4.78, 5) is 49.2. The predicted octanol–water partition coefficient (Wildman–Crippen LogP) is 4.88. The summed E-state index contributed by atoms with van der Waals surface area (Å²) in [6.07, 6.45) is 1.22. The minimum absolute atomic E-state index is 0.0821. The number of halogens is 1. The highest BCUT2D eigenvalue weighted by molar-refractivity contribution is 7.07. The van der Waals surface area contributed by atoms with Crippen LogP contribution in [0.25, 0.3) is 5.57 Å². The Morgan fingerprint density at radius 3 is 2.62 bits per heavy atom. The van der Waals surface area contributed by atoms with Crippen molar-refractivity contribution < 1.29 is 23.8 Å². The van der Waals surface area contributed by atoms with Gasteiger partial charge in [0.1, 0.15) is 4.53 Å². The van der Waals surface area contributed by atoms with Gasteiger partial charge < -0.3 is 19.1 Å². The molecule has 1 aromatic heterocycles. The number of anilines is 1. The molecule has 9 nitrogen and oxygen atoms in total. The monoisotopic (exact) mass is 641 g/mol. The lowest BCUT2D eigenvalue weighted by Crippen LogP contribution is -2.41. The second-order valence-electron chi connectivity index (χ2n) is 10.7. The summed E-state index contributed by atoms with van der Waals surface area (Å²) in [5.41, 5.74) is 3.49. The molecule has 3 aromatic carbocycles. The van der Waals surface area contributed by atoms with Crippen molar-refractivity contribution in [2.45, 2.75) is 39.3 Å². The highest BCUT2D eigenvalue weighted by Gasteiger charge is 2.38. The number of fused-ring (bicyclic) bond motifs is 3. The van der Waals surface area contributed by atoms with E-state index < -0.39 is 17.6 Å². The lowest BCUT2D eigenvalue weighted by molar-refractivity contribution is -0.139. The molecule has 1 atom stereocenters. The van der Waals surface area contributed by atoms with Gasteiger partial charge in [0.05, 0.1) is 41.7 Å². The number of hydrogen-bond acceptors (Lipinski definition) is 8. The first-order valence-electron chi connectivity index (χ1n) is 14.7. The molecule has 0 saturated heterocycles. The number of nitrogens with zero attached hydrogens (tertiary/aromatic N) is 3. The SMILES string of the molecule is CCCC1=C(C(=O)OCC)[C@H](c2ccc3c(c2)OCO3)n2c(s/c(=C3/C(=O)N(Cc4ccccc4Cl)c4ccccc43)c2=O)=N1. The zero-order chi connectivity index (χ0) is 31.2. The molecular weight excluding hydrogens is 614 g/mol. The van der Waals surface area contributed by atoms with Crippen molar-refractivity contribution in [3.63, 3.8) is 0 Å². The number of amides is 1. The normalized spacial score (nSPS) is 17.7. The van der Waals surface area contributed by atoms with Gasteiger partial charge in [-0.1, -0.05) is 78.7 Å². The van der Waals surface area contributed by atoms with Crippen LogP contribution >= 0.6 is 22.9 Å². The number of benzene rings is 3. The molecule has 4 heterocycles. The van der Waals surface area contributed by atoms with Gasteiger partial charge in [0, 0.05) is 10.6 Å². The number of carbonyl (C=O) groups is 2. The Hall–Kier alpha value is -4.67. The van der Waals surface area contributed by atoms with E-state index in [2.05, 4.69) is 0 Å². The van der Waals surface area contributed by atoms with Crippen molar-refractivity contribution in [3.05, 3.63) is 119 Å². The fraction of sp³-hybridized carbons (Fsp3) is 0.235. The lowest BCUT2D eigenvalue weighted by atomic mass is 9.94. The third kappa shape index (κ3) is 4.85. The first kappa shape index (κ1) is 29.1. The molecule has 0 bridgehead atoms. The first-order chi connectivity index (χ1) is 21.9. The van der Waals surface area contributed by atoms with Crippen LogP contribution in [-0.2, 0) is 20.9 Å². The Morgan fingerprint density at radius 2 is 1.82 bits per heavy atom. The van der Waals surface area contributed by atoms with Crippen LogP contribution in [0.3, 0.4) is 0 Å². The standard InChI is InChI=1S/C34H28ClN3O6S/c1-3-9-23-28(33(41)42-4-2)29(19-14-15-25-26(16-19)44-18-43-25)38-32(40)30(45-34(38)36-23)27-21-11-6-8-13-24(21)37(31(27)39)17-20-10-5-7-12-22(20)35/h5-8,10-16,29H,3-4,9,17-18H2,1-2H3/b30-27+/t29-/m0/s1. The Morgan fingerprint density at radius 1 is 1.04 bits per heavy atom. The Bertz CT molecular complexity index is 2100. The van der Waals surface area contributed by atoms with E-state index in [-0.39, 0.29) is 30.4 Å². The van der Waals surface area contributed by atoms with Gasteiger partial charge in [0.2, 0.25) is 6.79 Å². The third-order valence-corrected chi connectivity index (χ3v) is 9.44. The molecule has 228 valence electrons. The van der Waals surface area contributed by atoms with Gasteiger partial charge in [-0.2, -0.15) is 0 Å². The highest BCUT2D eigenvalue weighted by atomic mass is 35.5. The average molecular weight is 642 g/mol. The second-order valence-corrected chi connectivity index (χ2v) is 12.1. The number of ether oxygens (including phenoxy) is 3. The number of thiazole rings is 1. The predicted molar refractivity (Wildman–Crippen MR) is 170 cm³/mol. The molecule has 1 amide bonds. The largest absolute Gasteiger partial charge is 0.463 e. The van der Waals surface area contributed by atoms with E-state index in [9.17, 15) is 14.4 Å². The molecule has 45 heavy (non-hydrogen) atoms. The van der Waals surface area contributed by atoms with Crippen LogP contribution in [0, 0.1) is 0 Å². The minimum Gasteiger partial charge on any atom is -0.463 e. The van der Waals surface area contributed by atoms with E-state index in [4.69, 9.17) is 30.8 Å². The Labute approximate surface area is 267 Å². The number of para-hydroxylation sites is 1. The van der Waals surface area contributed by atoms with Crippen molar-refractivity contribution in [1.82, 2.24) is 4.57 Å². The topological polar surface area (TPSA) is 99.4 Å². The van der Waals surface area contributed by atoms with Crippen molar-refractivity contribution in [3.8, 4) is 11.5 Å². The third-order valence-electron chi connectivity index (χ3n) is 8.02. The molecule has 0 fully saturated rings. The van der Waals surface area contributed by atoms with E-state index >= 15 is 0 Å². The maximum Gasteiger partial charge on any atom is 0.338 e. The molecule has 0 spiro atoms. The van der Waals surface area contributed by atoms with Crippen molar-refractivity contribution in [2.24, 2.45) is 4.99 Å². The Balaban J connectivity index is 1.46. The fourth-order valence-electron chi connectivity index (χ4n) is 6.02. The van der Waals surface area contributed by atoms with E-state index in [0.29, 0.717) is 61.4 Å². The van der Waals surface area contributed by atoms with Gasteiger partial charge in [0.25, 0.3) is 11.5 Å². The van der Waals surface area contributed by atoms with Crippen LogP contribution in [0.5, 0.6) is 11.5 Å². The number of hydrogen-bond donors (Lipinski definition) is 0. The molecule has 0 aliphatic carbocycles. The average Bonchev–Trinajstić information content (AvgIpc) is 3.71. The maximum atomic E-state index is 14.6. The zero-order valence-electron chi connectivity index (χ0n) is 24.5. The lowest BCUT2D eigenvalue weighted by Gasteiger charge is -2.25. The summed E-state index contributed by atoms with van der Waals surface area (Å²) in [6.45, 7) is 4.22. The number of aromatic nitrogens is 1. The van der Waals surface area contributed by atoms with E-state index in [0.717, 1.165) is 23.3 Å². The van der Waals surface area contributed by atoms with Gasteiger partial charge in [-0.25, -0.2) is 9.79 Å². The van der Waals surface area contributed by atoms with Gasteiger partial charge in [-0.05, 0) is 48.7 Å². The van der Waals surface area contributed by atoms with Gasteiger partial charge in [0.15, 0.2) is 16.3 Å². The summed E-state index contributed by atoms with van der Waals surface area (Å²) in [7, 11) is 0.